The van der Waals surface area contributed by atoms with Crippen LogP contribution in [0.2, 0.25) is 0 Å². The van der Waals surface area contributed by atoms with Crippen molar-refractivity contribution >= 4 is 11.9 Å². The van der Waals surface area contributed by atoms with Gasteiger partial charge in [-0.25, -0.2) is 0 Å². The molecule has 0 saturated heterocycles. The summed E-state index contributed by atoms with van der Waals surface area (Å²) in [6.45, 7) is 0.733. The minimum atomic E-state index is 0.733. The summed E-state index contributed by atoms with van der Waals surface area (Å²) in [5.74, 6) is 0. The highest BCUT2D eigenvalue weighted by Gasteiger charge is 2.06. The summed E-state index contributed by atoms with van der Waals surface area (Å²) in [4.78, 5) is 8.47. The van der Waals surface area contributed by atoms with Crippen LogP contribution < -0.4 is 0 Å². The highest BCUT2D eigenvalue weighted by molar-refractivity contribution is 6.11. The Morgan fingerprint density at radius 1 is 1.40 bits per heavy atom. The fourth-order valence-electron chi connectivity index (χ4n) is 1.08. The molecule has 0 atom stereocenters. The van der Waals surface area contributed by atoms with Crippen molar-refractivity contribution in [3.8, 4) is 0 Å². The molecule has 0 bridgehead atoms. The van der Waals surface area contributed by atoms with Gasteiger partial charge >= 0.3 is 0 Å². The summed E-state index contributed by atoms with van der Waals surface area (Å²) in [5, 5.41) is 0. The molecule has 2 heteroatoms. The van der Waals surface area contributed by atoms with Crippen molar-refractivity contribution in [2.24, 2.45) is 9.98 Å². The lowest BCUT2D eigenvalue weighted by Crippen LogP contribution is -2.07. The molecule has 2 nitrogen and oxygen atoms in total. The molecule has 0 aromatic carbocycles. The van der Waals surface area contributed by atoms with Crippen molar-refractivity contribution < 1.29 is 0 Å². The minimum Gasteiger partial charge on any atom is -0.277 e. The molecule has 2 rings (SSSR count). The molecule has 0 N–H and O–H groups in total. The van der Waals surface area contributed by atoms with Gasteiger partial charge in [-0.2, -0.15) is 0 Å². The molecule has 0 radical (unpaired) electrons. The van der Waals surface area contributed by atoms with Gasteiger partial charge in [-0.05, 0) is 12.5 Å². The Labute approximate surface area is 59.7 Å². The first kappa shape index (κ1) is 5.59. The van der Waals surface area contributed by atoms with Crippen LogP contribution in [0.5, 0.6) is 0 Å². The summed E-state index contributed by atoms with van der Waals surface area (Å²) < 4.78 is 0. The predicted octanol–water partition coefficient (Wildman–Crippen LogP) is 1.36. The molecule has 0 amide bonds. The molecule has 10 heavy (non-hydrogen) atoms. The molecule has 1 aliphatic carbocycles. The Kier molecular flexibility index (Phi) is 1.24. The Morgan fingerprint density at radius 3 is 3.30 bits per heavy atom. The summed E-state index contributed by atoms with van der Waals surface area (Å²) in [5.41, 5.74) is 2.07. The number of rotatable bonds is 0. The van der Waals surface area contributed by atoms with Crippen LogP contribution in [0, 0.1) is 0 Å². The van der Waals surface area contributed by atoms with Crippen molar-refractivity contribution in [2.45, 2.75) is 6.42 Å². The number of hydrogen-bond donors (Lipinski definition) is 0. The van der Waals surface area contributed by atoms with Gasteiger partial charge in [0.15, 0.2) is 0 Å². The largest absolute Gasteiger partial charge is 0.277 e. The van der Waals surface area contributed by atoms with Gasteiger partial charge in [0.2, 0.25) is 0 Å². The third-order valence-electron chi connectivity index (χ3n) is 1.56. The van der Waals surface area contributed by atoms with Gasteiger partial charge in [0.25, 0.3) is 0 Å². The second-order valence-electron chi connectivity index (χ2n) is 2.27. The van der Waals surface area contributed by atoms with Crippen LogP contribution in [-0.4, -0.2) is 18.5 Å². The van der Waals surface area contributed by atoms with Gasteiger partial charge in [-0.15, -0.1) is 0 Å². The first-order valence-electron chi connectivity index (χ1n) is 3.41. The molecule has 1 aliphatic heterocycles. The van der Waals surface area contributed by atoms with Crippen LogP contribution >= 0.6 is 0 Å². The Bertz CT molecular complexity index is 228. The SMILES string of the molecule is C1=CC2=NCC=NC2=CC1. The average Bonchev–Trinajstić information content (AvgIpc) is 2.05. The first-order valence-corrected chi connectivity index (χ1v) is 3.41. The standard InChI is InChI=1S/C8H8N2/c1-2-4-8-7(3-1)9-5-6-10-8/h1,3-4,6H,2,5H2. The second-order valence-corrected chi connectivity index (χ2v) is 2.27. The quantitative estimate of drug-likeness (QED) is 0.475. The maximum absolute atomic E-state index is 4.26. The van der Waals surface area contributed by atoms with E-state index >= 15 is 0 Å². The van der Waals surface area contributed by atoms with E-state index in [0.29, 0.717) is 0 Å². The van der Waals surface area contributed by atoms with Crippen molar-refractivity contribution in [3.63, 3.8) is 0 Å². The molecule has 1 heterocycles. The molecule has 0 aromatic heterocycles. The fraction of sp³-hybridized carbons (Fsp3) is 0.250. The molecular weight excluding hydrogens is 124 g/mol. The highest BCUT2D eigenvalue weighted by atomic mass is 14.9. The van der Waals surface area contributed by atoms with E-state index in [1.54, 1.807) is 0 Å². The zero-order valence-corrected chi connectivity index (χ0v) is 5.62. The van der Waals surface area contributed by atoms with E-state index < -0.39 is 0 Å². The minimum absolute atomic E-state index is 0.733. The number of hydrogen-bond acceptors (Lipinski definition) is 2. The number of aliphatic imine (C=N–C) groups is 2. The van der Waals surface area contributed by atoms with Crippen molar-refractivity contribution in [2.75, 3.05) is 6.54 Å². The third kappa shape index (κ3) is 0.817. The first-order chi connectivity index (χ1) is 4.97. The van der Waals surface area contributed by atoms with E-state index in [0.717, 1.165) is 24.4 Å². The molecular formula is C8H8N2. The third-order valence-corrected chi connectivity index (χ3v) is 1.56. The lowest BCUT2D eigenvalue weighted by atomic mass is 10.1. The van der Waals surface area contributed by atoms with Gasteiger partial charge < -0.3 is 0 Å². The van der Waals surface area contributed by atoms with E-state index in [1.807, 2.05) is 12.3 Å². The van der Waals surface area contributed by atoms with E-state index in [1.165, 1.54) is 0 Å². The van der Waals surface area contributed by atoms with Crippen molar-refractivity contribution in [3.05, 3.63) is 23.9 Å². The average molecular weight is 132 g/mol. The van der Waals surface area contributed by atoms with Crippen molar-refractivity contribution in [1.82, 2.24) is 0 Å². The molecule has 50 valence electrons. The second kappa shape index (κ2) is 2.21. The normalized spacial score (nSPS) is 21.6. The Morgan fingerprint density at radius 2 is 2.40 bits per heavy atom. The van der Waals surface area contributed by atoms with Crippen LogP contribution in [0.25, 0.3) is 0 Å². The zero-order chi connectivity index (χ0) is 6.81. The van der Waals surface area contributed by atoms with E-state index in [9.17, 15) is 0 Å². The maximum atomic E-state index is 4.26. The van der Waals surface area contributed by atoms with Crippen LogP contribution in [0.3, 0.4) is 0 Å². The molecule has 0 spiro atoms. The number of fused-ring (bicyclic) bond motifs is 1. The number of nitrogens with zero attached hydrogens (tertiary/aromatic N) is 2. The maximum Gasteiger partial charge on any atom is 0.0841 e. The van der Waals surface area contributed by atoms with E-state index in [4.69, 9.17) is 0 Å². The summed E-state index contributed by atoms with van der Waals surface area (Å²) in [6, 6.07) is 0. The summed E-state index contributed by atoms with van der Waals surface area (Å²) >= 11 is 0. The van der Waals surface area contributed by atoms with Gasteiger partial charge in [0.1, 0.15) is 0 Å². The van der Waals surface area contributed by atoms with E-state index in [-0.39, 0.29) is 0 Å². The van der Waals surface area contributed by atoms with Gasteiger partial charge in [0.05, 0.1) is 18.0 Å². The smallest absolute Gasteiger partial charge is 0.0841 e. The Balaban J connectivity index is 2.38. The Hall–Kier alpha value is -1.18. The number of allylic oxidation sites excluding steroid dienone is 3. The molecule has 0 unspecified atom stereocenters. The molecule has 0 fully saturated rings. The molecule has 0 saturated carbocycles. The predicted molar refractivity (Wildman–Crippen MR) is 42.6 cm³/mol. The van der Waals surface area contributed by atoms with E-state index in [2.05, 4.69) is 22.1 Å². The lowest BCUT2D eigenvalue weighted by Gasteiger charge is -2.08. The summed E-state index contributed by atoms with van der Waals surface area (Å²) in [6.07, 6.45) is 9.06. The zero-order valence-electron chi connectivity index (χ0n) is 5.62. The van der Waals surface area contributed by atoms with Crippen LogP contribution in [0.15, 0.2) is 33.9 Å². The van der Waals surface area contributed by atoms with Crippen molar-refractivity contribution in [1.29, 1.82) is 0 Å². The van der Waals surface area contributed by atoms with Gasteiger partial charge in [-0.1, -0.05) is 12.2 Å². The lowest BCUT2D eigenvalue weighted by molar-refractivity contribution is 1.21. The fourth-order valence-corrected chi connectivity index (χ4v) is 1.08. The molecule has 2 aliphatic rings. The summed E-state index contributed by atoms with van der Waals surface area (Å²) in [7, 11) is 0. The topological polar surface area (TPSA) is 24.7 Å². The van der Waals surface area contributed by atoms with Crippen LogP contribution in [0.4, 0.5) is 0 Å². The monoisotopic (exact) mass is 132 g/mol. The van der Waals surface area contributed by atoms with Gasteiger partial charge in [0, 0.05) is 6.21 Å². The van der Waals surface area contributed by atoms with Crippen LogP contribution in [-0.2, 0) is 0 Å². The van der Waals surface area contributed by atoms with Gasteiger partial charge in [-0.3, -0.25) is 9.98 Å². The molecule has 0 aromatic rings. The van der Waals surface area contributed by atoms with Crippen LogP contribution in [0.1, 0.15) is 6.42 Å². The highest BCUT2D eigenvalue weighted by Crippen LogP contribution is 2.11.